The minimum atomic E-state index is -3.62. The first-order valence-corrected chi connectivity index (χ1v) is 8.34. The third-order valence-corrected chi connectivity index (χ3v) is 5.15. The Morgan fingerprint density at radius 2 is 2.05 bits per heavy atom. The van der Waals surface area contributed by atoms with E-state index in [0.29, 0.717) is 5.69 Å². The molecule has 1 aromatic carbocycles. The molecule has 0 unspecified atom stereocenters. The van der Waals surface area contributed by atoms with Gasteiger partial charge in [-0.05, 0) is 25.0 Å². The molecule has 2 rings (SSSR count). The molecule has 0 saturated heterocycles. The molecule has 0 heterocycles. The van der Waals surface area contributed by atoms with Crippen LogP contribution in [0.25, 0.3) is 0 Å². The second-order valence-corrected chi connectivity index (χ2v) is 6.87. The van der Waals surface area contributed by atoms with Crippen LogP contribution in [0.15, 0.2) is 40.0 Å². The minimum absolute atomic E-state index is 0.00103. The molecule has 114 valence electrons. The monoisotopic (exact) mass is 328 g/mol. The van der Waals surface area contributed by atoms with Gasteiger partial charge < -0.3 is 16.5 Å². The molecule has 0 bridgehead atoms. The maximum atomic E-state index is 12.4. The van der Waals surface area contributed by atoms with Crippen molar-refractivity contribution in [1.29, 1.82) is 5.41 Å². The van der Waals surface area contributed by atoms with E-state index in [-0.39, 0.29) is 21.8 Å². The maximum absolute atomic E-state index is 12.4. The summed E-state index contributed by atoms with van der Waals surface area (Å²) in [5.74, 6) is 0.0259. The molecule has 1 aromatic rings. The number of nitrogens with one attached hydrogen (secondary N) is 3. The third kappa shape index (κ3) is 3.75. The van der Waals surface area contributed by atoms with Gasteiger partial charge >= 0.3 is 0 Å². The molecule has 0 spiro atoms. The van der Waals surface area contributed by atoms with Crippen molar-refractivity contribution in [2.45, 2.75) is 30.2 Å². The smallest absolute Gasteiger partial charge is 0.242 e. The summed E-state index contributed by atoms with van der Waals surface area (Å²) in [6.45, 7) is 0. The Balaban J connectivity index is 2.30. The molecule has 0 aliphatic heterocycles. The lowest BCUT2D eigenvalue weighted by Crippen LogP contribution is -2.39. The van der Waals surface area contributed by atoms with Gasteiger partial charge in [0.05, 0.1) is 10.7 Å². The van der Waals surface area contributed by atoms with Crippen LogP contribution in [0.3, 0.4) is 0 Å². The summed E-state index contributed by atoms with van der Waals surface area (Å²) < 4.78 is 27.4. The van der Waals surface area contributed by atoms with Crippen molar-refractivity contribution in [2.24, 2.45) is 5.73 Å². The van der Waals surface area contributed by atoms with Crippen LogP contribution in [-0.4, -0.2) is 20.7 Å². The lowest BCUT2D eigenvalue weighted by molar-refractivity contribution is 0.383. The number of halogens is 1. The molecule has 1 aliphatic rings. The normalized spacial score (nSPS) is 16.8. The van der Waals surface area contributed by atoms with Gasteiger partial charge in [0, 0.05) is 12.3 Å². The summed E-state index contributed by atoms with van der Waals surface area (Å²) >= 11 is 5.73. The van der Waals surface area contributed by atoms with Gasteiger partial charge in [-0.2, -0.15) is 0 Å². The van der Waals surface area contributed by atoms with E-state index in [0.717, 1.165) is 25.5 Å². The van der Waals surface area contributed by atoms with Crippen LogP contribution in [0.1, 0.15) is 19.3 Å². The number of allylic oxidation sites excluding steroid dienone is 1. The van der Waals surface area contributed by atoms with E-state index < -0.39 is 10.0 Å². The summed E-state index contributed by atoms with van der Waals surface area (Å²) in [7, 11) is -3.62. The number of sulfonamides is 1. The molecule has 0 atom stereocenters. The lowest BCUT2D eigenvalue weighted by Gasteiger charge is -2.26. The number of nitrogens with two attached hydrogens (primary N) is 1. The van der Waals surface area contributed by atoms with Crippen LogP contribution in [-0.2, 0) is 10.0 Å². The zero-order valence-corrected chi connectivity index (χ0v) is 12.8. The SMILES string of the molecule is N=C/C(Cl)=C(\N)Nc1ccccc1S(=O)(=O)NC1CCC1. The highest BCUT2D eigenvalue weighted by Gasteiger charge is 2.26. The number of hydrogen-bond acceptors (Lipinski definition) is 5. The van der Waals surface area contributed by atoms with Crippen molar-refractivity contribution in [3.63, 3.8) is 0 Å². The van der Waals surface area contributed by atoms with Crippen LogP contribution in [0.4, 0.5) is 5.69 Å². The molecule has 5 N–H and O–H groups in total. The van der Waals surface area contributed by atoms with Gasteiger partial charge in [0.2, 0.25) is 10.0 Å². The van der Waals surface area contributed by atoms with E-state index in [9.17, 15) is 8.42 Å². The van der Waals surface area contributed by atoms with E-state index in [2.05, 4.69) is 10.0 Å². The molecule has 1 saturated carbocycles. The predicted molar refractivity (Wildman–Crippen MR) is 83.9 cm³/mol. The minimum Gasteiger partial charge on any atom is -0.384 e. The van der Waals surface area contributed by atoms with Crippen LogP contribution >= 0.6 is 11.6 Å². The highest BCUT2D eigenvalue weighted by molar-refractivity contribution is 7.89. The molecule has 21 heavy (non-hydrogen) atoms. The average molecular weight is 329 g/mol. The zero-order chi connectivity index (χ0) is 15.5. The molecular weight excluding hydrogens is 312 g/mol. The van der Waals surface area contributed by atoms with Crippen LogP contribution < -0.4 is 15.8 Å². The molecule has 6 nitrogen and oxygen atoms in total. The molecule has 1 fully saturated rings. The van der Waals surface area contributed by atoms with Gasteiger partial charge in [-0.3, -0.25) is 0 Å². The van der Waals surface area contributed by atoms with Crippen molar-refractivity contribution in [3.8, 4) is 0 Å². The number of anilines is 1. The fourth-order valence-electron chi connectivity index (χ4n) is 1.90. The Bertz CT molecular complexity index is 669. The second kappa shape index (κ2) is 6.46. The standard InChI is InChI=1S/C13H17ClN4O2S/c14-10(8-15)13(16)17-11-6-1-2-7-12(11)21(19,20)18-9-4-3-5-9/h1-2,6-9,15,17-18H,3-5,16H2/b13-10-,15-8?. The van der Waals surface area contributed by atoms with Gasteiger partial charge in [-0.1, -0.05) is 30.2 Å². The molecule has 0 radical (unpaired) electrons. The van der Waals surface area contributed by atoms with Gasteiger partial charge in [-0.15, -0.1) is 0 Å². The lowest BCUT2D eigenvalue weighted by atomic mass is 9.94. The first-order valence-electron chi connectivity index (χ1n) is 6.48. The Morgan fingerprint density at radius 3 is 2.62 bits per heavy atom. The first kappa shape index (κ1) is 15.8. The van der Waals surface area contributed by atoms with Crippen molar-refractivity contribution in [1.82, 2.24) is 4.72 Å². The predicted octanol–water partition coefficient (Wildman–Crippen LogP) is 1.95. The fourth-order valence-corrected chi connectivity index (χ4v) is 3.41. The maximum Gasteiger partial charge on any atom is 0.242 e. The summed E-state index contributed by atoms with van der Waals surface area (Å²) in [6, 6.07) is 6.42. The fraction of sp³-hybridized carbons (Fsp3) is 0.308. The van der Waals surface area contributed by atoms with Crippen LogP contribution in [0.5, 0.6) is 0 Å². The molecule has 0 aromatic heterocycles. The quantitative estimate of drug-likeness (QED) is 0.598. The summed E-state index contributed by atoms with van der Waals surface area (Å²) in [5.41, 5.74) is 6.00. The van der Waals surface area contributed by atoms with Gasteiger partial charge in [0.1, 0.15) is 10.7 Å². The van der Waals surface area contributed by atoms with E-state index in [4.69, 9.17) is 22.7 Å². The van der Waals surface area contributed by atoms with Gasteiger partial charge in [0.15, 0.2) is 0 Å². The first-order chi connectivity index (χ1) is 9.94. The Kier molecular flexibility index (Phi) is 4.87. The van der Waals surface area contributed by atoms with Crippen molar-refractivity contribution >= 4 is 33.5 Å². The Hall–Kier alpha value is -1.57. The molecular formula is C13H17ClN4O2S. The van der Waals surface area contributed by atoms with E-state index in [1.165, 1.54) is 6.07 Å². The van der Waals surface area contributed by atoms with Crippen LogP contribution in [0, 0.1) is 5.41 Å². The number of rotatable bonds is 6. The van der Waals surface area contributed by atoms with E-state index in [1.807, 2.05) is 0 Å². The Morgan fingerprint density at radius 1 is 1.38 bits per heavy atom. The highest BCUT2D eigenvalue weighted by Crippen LogP contribution is 2.25. The average Bonchev–Trinajstić information content (AvgIpc) is 2.42. The molecule has 1 aliphatic carbocycles. The second-order valence-electron chi connectivity index (χ2n) is 4.78. The number of hydrogen-bond donors (Lipinski definition) is 4. The van der Waals surface area contributed by atoms with E-state index >= 15 is 0 Å². The van der Waals surface area contributed by atoms with Gasteiger partial charge in [0.25, 0.3) is 0 Å². The number of benzene rings is 1. The Labute approximate surface area is 128 Å². The van der Waals surface area contributed by atoms with Crippen molar-refractivity contribution in [3.05, 3.63) is 35.1 Å². The van der Waals surface area contributed by atoms with Crippen molar-refractivity contribution < 1.29 is 8.42 Å². The summed E-state index contributed by atoms with van der Waals surface area (Å²) in [6.07, 6.45) is 3.64. The highest BCUT2D eigenvalue weighted by atomic mass is 35.5. The van der Waals surface area contributed by atoms with Gasteiger partial charge in [-0.25, -0.2) is 13.1 Å². The van der Waals surface area contributed by atoms with Crippen molar-refractivity contribution in [2.75, 3.05) is 5.32 Å². The zero-order valence-electron chi connectivity index (χ0n) is 11.3. The summed E-state index contributed by atoms with van der Waals surface area (Å²) in [4.78, 5) is 0.106. The topological polar surface area (TPSA) is 108 Å². The summed E-state index contributed by atoms with van der Waals surface area (Å²) in [5, 5.41) is 9.78. The largest absolute Gasteiger partial charge is 0.384 e. The molecule has 8 heteroatoms. The van der Waals surface area contributed by atoms with Crippen LogP contribution in [0.2, 0.25) is 0 Å². The van der Waals surface area contributed by atoms with E-state index in [1.54, 1.807) is 18.2 Å². The molecule has 0 amide bonds. The number of para-hydroxylation sites is 1. The third-order valence-electron chi connectivity index (χ3n) is 3.26.